The van der Waals surface area contributed by atoms with Crippen molar-refractivity contribution in [2.24, 2.45) is 5.73 Å². The lowest BCUT2D eigenvalue weighted by Gasteiger charge is -2.28. The highest BCUT2D eigenvalue weighted by molar-refractivity contribution is 6.35. The molecule has 2 aromatic carbocycles. The molecule has 10 heteroatoms. The number of amides is 1. The number of halogens is 2. The number of hydrogen-bond acceptors (Lipinski definition) is 6. The SMILES string of the molecule is COc1cc([C@H]2C(C(N)=O)=C(C)Nc3ncnn32)ccc1OCc1ccc(Cl)cc1Cl. The number of aromatic nitrogens is 3. The number of nitrogens with one attached hydrogen (secondary N) is 1. The zero-order chi connectivity index (χ0) is 22.1. The Morgan fingerprint density at radius 2 is 2.03 bits per heavy atom. The van der Waals surface area contributed by atoms with Gasteiger partial charge in [0.25, 0.3) is 0 Å². The summed E-state index contributed by atoms with van der Waals surface area (Å²) in [6.07, 6.45) is 1.41. The Morgan fingerprint density at radius 1 is 1.23 bits per heavy atom. The van der Waals surface area contributed by atoms with Crippen LogP contribution in [-0.2, 0) is 11.4 Å². The molecule has 1 aliphatic rings. The fraction of sp³-hybridized carbons (Fsp3) is 0.190. The first-order valence-electron chi connectivity index (χ1n) is 9.30. The highest BCUT2D eigenvalue weighted by Gasteiger charge is 2.32. The number of carbonyl (C=O) groups is 1. The molecular formula is C21H19Cl2N5O3. The molecule has 8 nitrogen and oxygen atoms in total. The lowest BCUT2D eigenvalue weighted by atomic mass is 9.95. The fourth-order valence-electron chi connectivity index (χ4n) is 3.49. The first-order valence-corrected chi connectivity index (χ1v) is 10.1. The van der Waals surface area contributed by atoms with Crippen molar-refractivity contribution in [3.8, 4) is 11.5 Å². The number of primary amides is 1. The van der Waals surface area contributed by atoms with Gasteiger partial charge >= 0.3 is 0 Å². The van der Waals surface area contributed by atoms with Gasteiger partial charge < -0.3 is 20.5 Å². The number of fused-ring (bicyclic) bond motifs is 1. The molecule has 0 bridgehead atoms. The highest BCUT2D eigenvalue weighted by Crippen LogP contribution is 2.38. The Kier molecular flexibility index (Phi) is 5.75. The maximum absolute atomic E-state index is 12.2. The molecule has 0 saturated carbocycles. The predicted octanol–water partition coefficient (Wildman–Crippen LogP) is 3.95. The quantitative estimate of drug-likeness (QED) is 0.578. The van der Waals surface area contributed by atoms with E-state index in [0.717, 1.165) is 11.1 Å². The first-order chi connectivity index (χ1) is 14.9. The van der Waals surface area contributed by atoms with Crippen LogP contribution in [-0.4, -0.2) is 27.8 Å². The number of nitrogens with two attached hydrogens (primary N) is 1. The minimum absolute atomic E-state index is 0.234. The minimum atomic E-state index is -0.551. The molecule has 4 rings (SSSR count). The summed E-state index contributed by atoms with van der Waals surface area (Å²) in [5, 5.41) is 8.38. The Labute approximate surface area is 188 Å². The summed E-state index contributed by atoms with van der Waals surface area (Å²) < 4.78 is 13.1. The fourth-order valence-corrected chi connectivity index (χ4v) is 3.95. The van der Waals surface area contributed by atoms with Crippen molar-refractivity contribution in [3.63, 3.8) is 0 Å². The smallest absolute Gasteiger partial charge is 0.248 e. The molecule has 31 heavy (non-hydrogen) atoms. The van der Waals surface area contributed by atoms with E-state index in [2.05, 4.69) is 15.4 Å². The van der Waals surface area contributed by atoms with Crippen molar-refractivity contribution in [2.75, 3.05) is 12.4 Å². The monoisotopic (exact) mass is 459 g/mol. The van der Waals surface area contributed by atoms with Crippen molar-refractivity contribution in [2.45, 2.75) is 19.6 Å². The van der Waals surface area contributed by atoms with Gasteiger partial charge in [0.1, 0.15) is 19.0 Å². The standard InChI is InChI=1S/C21H19Cl2N5O3/c1-11-18(20(24)29)19(28-21(27-11)25-10-26-28)12-4-6-16(17(7-12)30-2)31-9-13-3-5-14(22)8-15(13)23/h3-8,10,19H,9H2,1-2H3,(H2,24,29)(H,25,26,27)/t19-/m0/s1. The molecule has 0 spiro atoms. The second kappa shape index (κ2) is 8.49. The van der Waals surface area contributed by atoms with E-state index in [1.54, 1.807) is 49.0 Å². The predicted molar refractivity (Wildman–Crippen MR) is 117 cm³/mol. The van der Waals surface area contributed by atoms with E-state index in [4.69, 9.17) is 38.4 Å². The lowest BCUT2D eigenvalue weighted by Crippen LogP contribution is -2.31. The molecule has 160 valence electrons. The minimum Gasteiger partial charge on any atom is -0.493 e. The van der Waals surface area contributed by atoms with Crippen molar-refractivity contribution in [1.82, 2.24) is 14.8 Å². The number of allylic oxidation sites excluding steroid dienone is 1. The van der Waals surface area contributed by atoms with Crippen LogP contribution in [0.2, 0.25) is 10.0 Å². The van der Waals surface area contributed by atoms with Crippen LogP contribution >= 0.6 is 23.2 Å². The second-order valence-corrected chi connectivity index (χ2v) is 7.74. The van der Waals surface area contributed by atoms with Gasteiger partial charge in [0, 0.05) is 21.3 Å². The Morgan fingerprint density at radius 3 is 2.74 bits per heavy atom. The number of carbonyl (C=O) groups excluding carboxylic acids is 1. The molecule has 1 aromatic heterocycles. The summed E-state index contributed by atoms with van der Waals surface area (Å²) in [5.74, 6) is 0.979. The average molecular weight is 460 g/mol. The maximum atomic E-state index is 12.2. The third-order valence-corrected chi connectivity index (χ3v) is 5.55. The van der Waals surface area contributed by atoms with Crippen LogP contribution in [0.15, 0.2) is 54.0 Å². The Hall–Kier alpha value is -3.23. The van der Waals surface area contributed by atoms with Crippen molar-refractivity contribution in [3.05, 3.63) is 75.2 Å². The van der Waals surface area contributed by atoms with Crippen molar-refractivity contribution in [1.29, 1.82) is 0 Å². The molecule has 1 aliphatic heterocycles. The summed E-state index contributed by atoms with van der Waals surface area (Å²) in [5.41, 5.74) is 8.22. The van der Waals surface area contributed by atoms with Gasteiger partial charge in [0.15, 0.2) is 11.5 Å². The maximum Gasteiger partial charge on any atom is 0.248 e. The molecule has 0 aliphatic carbocycles. The van der Waals surface area contributed by atoms with Gasteiger partial charge in [-0.2, -0.15) is 10.1 Å². The molecule has 0 radical (unpaired) electrons. The summed E-state index contributed by atoms with van der Waals surface area (Å²) in [4.78, 5) is 16.4. The molecule has 3 N–H and O–H groups in total. The van der Waals surface area contributed by atoms with Crippen LogP contribution in [0.4, 0.5) is 5.95 Å². The zero-order valence-electron chi connectivity index (χ0n) is 16.7. The van der Waals surface area contributed by atoms with Crippen molar-refractivity contribution < 1.29 is 14.3 Å². The van der Waals surface area contributed by atoms with Crippen LogP contribution < -0.4 is 20.5 Å². The third kappa shape index (κ3) is 4.04. The average Bonchev–Trinajstić information content (AvgIpc) is 3.19. The second-order valence-electron chi connectivity index (χ2n) is 6.89. The number of benzene rings is 2. The van der Waals surface area contributed by atoms with E-state index in [-0.39, 0.29) is 6.61 Å². The Balaban J connectivity index is 1.67. The lowest BCUT2D eigenvalue weighted by molar-refractivity contribution is -0.115. The van der Waals surface area contributed by atoms with Gasteiger partial charge in [-0.1, -0.05) is 35.3 Å². The number of hydrogen-bond donors (Lipinski definition) is 2. The van der Waals surface area contributed by atoms with Gasteiger partial charge in [-0.3, -0.25) is 4.79 Å². The molecule has 1 amide bonds. The molecule has 0 saturated heterocycles. The first kappa shape index (κ1) is 21.0. The topological polar surface area (TPSA) is 104 Å². The summed E-state index contributed by atoms with van der Waals surface area (Å²) in [7, 11) is 1.54. The molecule has 1 atom stereocenters. The van der Waals surface area contributed by atoms with E-state index in [0.29, 0.717) is 38.8 Å². The number of ether oxygens (including phenoxy) is 2. The normalized spacial score (nSPS) is 15.3. The molecule has 0 unspecified atom stereocenters. The number of anilines is 1. The van der Waals surface area contributed by atoms with E-state index < -0.39 is 11.9 Å². The van der Waals surface area contributed by atoms with Crippen LogP contribution in [0.1, 0.15) is 24.1 Å². The molecule has 2 heterocycles. The summed E-state index contributed by atoms with van der Waals surface area (Å²) in [6, 6.07) is 10.1. The van der Waals surface area contributed by atoms with Crippen LogP contribution in [0.3, 0.4) is 0 Å². The number of methoxy groups -OCH3 is 1. The van der Waals surface area contributed by atoms with E-state index >= 15 is 0 Å². The highest BCUT2D eigenvalue weighted by atomic mass is 35.5. The van der Waals surface area contributed by atoms with E-state index in [1.165, 1.54) is 6.33 Å². The molecule has 0 fully saturated rings. The largest absolute Gasteiger partial charge is 0.493 e. The van der Waals surface area contributed by atoms with Gasteiger partial charge in [-0.05, 0) is 36.8 Å². The van der Waals surface area contributed by atoms with Gasteiger partial charge in [0.05, 0.1) is 12.7 Å². The van der Waals surface area contributed by atoms with Crippen molar-refractivity contribution >= 4 is 35.1 Å². The zero-order valence-corrected chi connectivity index (χ0v) is 18.2. The third-order valence-electron chi connectivity index (χ3n) is 4.96. The molecule has 3 aromatic rings. The van der Waals surface area contributed by atoms with Crippen LogP contribution in [0.25, 0.3) is 0 Å². The Bertz CT molecular complexity index is 1190. The van der Waals surface area contributed by atoms with Gasteiger partial charge in [-0.25, -0.2) is 4.68 Å². The van der Waals surface area contributed by atoms with E-state index in [9.17, 15) is 4.79 Å². The van der Waals surface area contributed by atoms with Crippen LogP contribution in [0.5, 0.6) is 11.5 Å². The van der Waals surface area contributed by atoms with Gasteiger partial charge in [0.2, 0.25) is 11.9 Å². The summed E-state index contributed by atoms with van der Waals surface area (Å²) >= 11 is 12.2. The molecular weight excluding hydrogens is 441 g/mol. The van der Waals surface area contributed by atoms with Crippen LogP contribution in [0, 0.1) is 0 Å². The van der Waals surface area contributed by atoms with Gasteiger partial charge in [-0.15, -0.1) is 0 Å². The number of nitrogens with zero attached hydrogens (tertiary/aromatic N) is 3. The number of rotatable bonds is 6. The van der Waals surface area contributed by atoms with E-state index in [1.807, 2.05) is 6.07 Å². The summed E-state index contributed by atoms with van der Waals surface area (Å²) in [6.45, 7) is 2.01.